The van der Waals surface area contributed by atoms with Gasteiger partial charge in [0.05, 0.1) is 11.1 Å². The second kappa shape index (κ2) is 19.0. The van der Waals surface area contributed by atoms with Crippen LogP contribution in [0.2, 0.25) is 0 Å². The van der Waals surface area contributed by atoms with Gasteiger partial charge in [0.2, 0.25) is 0 Å². The number of hydrogen-bond donors (Lipinski definition) is 5. The number of carbonyl (C=O) groups is 6. The second-order valence-corrected chi connectivity index (χ2v) is 19.2. The average molecular weight is 954 g/mol. The molecule has 0 aliphatic carbocycles. The maximum atomic E-state index is 14.4. The number of imide groups is 1. The fourth-order valence-corrected chi connectivity index (χ4v) is 8.89. The van der Waals surface area contributed by atoms with Gasteiger partial charge < -0.3 is 39.5 Å². The summed E-state index contributed by atoms with van der Waals surface area (Å²) in [5.74, 6) is -2.93. The van der Waals surface area contributed by atoms with Crippen molar-refractivity contribution in [1.29, 1.82) is 0 Å². The second-order valence-electron chi connectivity index (χ2n) is 19.2. The van der Waals surface area contributed by atoms with Gasteiger partial charge in [-0.05, 0) is 87.7 Å². The Kier molecular flexibility index (Phi) is 12.7. The zero-order chi connectivity index (χ0) is 50.2. The molecule has 2 aromatic heterocycles. The quantitative estimate of drug-likeness (QED) is 0.0445. The molecule has 1 aliphatic heterocycles. The van der Waals surface area contributed by atoms with Crippen LogP contribution in [0.3, 0.4) is 0 Å². The summed E-state index contributed by atoms with van der Waals surface area (Å²) in [7, 11) is 0. The molecule has 0 saturated carbocycles. The Morgan fingerprint density at radius 2 is 0.831 bits per heavy atom. The predicted molar refractivity (Wildman–Crippen MR) is 268 cm³/mol. The molecule has 0 saturated heterocycles. The van der Waals surface area contributed by atoms with E-state index in [2.05, 4.69) is 25.9 Å². The zero-order valence-electron chi connectivity index (χ0n) is 39.9. The Balaban J connectivity index is 1.11. The molecule has 0 fully saturated rings. The van der Waals surface area contributed by atoms with Crippen molar-refractivity contribution in [3.8, 4) is 33.8 Å². The number of para-hydroxylation sites is 4. The molecule has 0 spiro atoms. The number of benzene rings is 6. The van der Waals surface area contributed by atoms with Crippen LogP contribution in [0, 0.1) is 0 Å². The largest absolute Gasteiger partial charge is 0.444 e. The predicted octanol–water partition coefficient (Wildman–Crippen LogP) is 10.1. The summed E-state index contributed by atoms with van der Waals surface area (Å²) in [4.78, 5) is 90.2. The molecule has 1 aliphatic rings. The lowest BCUT2D eigenvalue weighted by atomic mass is 9.84. The van der Waals surface area contributed by atoms with Gasteiger partial charge in [0.15, 0.2) is 0 Å². The molecule has 2 atom stereocenters. The van der Waals surface area contributed by atoms with Crippen LogP contribution in [-0.2, 0) is 31.9 Å². The third-order valence-electron chi connectivity index (χ3n) is 11.8. The van der Waals surface area contributed by atoms with Gasteiger partial charge in [-0.3, -0.25) is 14.9 Å². The van der Waals surface area contributed by atoms with Gasteiger partial charge in [0, 0.05) is 69.3 Å². The summed E-state index contributed by atoms with van der Waals surface area (Å²) in [5.41, 5.74) is 2.67. The lowest BCUT2D eigenvalue weighted by molar-refractivity contribution is -0.137. The molecule has 3 heterocycles. The molecular weight excluding hydrogens is 903 g/mol. The van der Waals surface area contributed by atoms with Crippen molar-refractivity contribution in [1.82, 2.24) is 25.9 Å². The van der Waals surface area contributed by atoms with Crippen LogP contribution in [0.5, 0.6) is 11.5 Å². The van der Waals surface area contributed by atoms with Gasteiger partial charge in [-0.1, -0.05) is 97.1 Å². The highest BCUT2D eigenvalue weighted by Gasteiger charge is 2.38. The number of rotatable bonds is 12. The number of nitrogens with one attached hydrogen (secondary N) is 5. The molecule has 360 valence electrons. The molecule has 8 aromatic rings. The van der Waals surface area contributed by atoms with Crippen LogP contribution < -0.4 is 25.4 Å². The SMILES string of the molecule is CC(C)(C)OC(=O)N[C@@H](Cc1c[nH]c2ccccc12)C(=O)Oc1ccccc1-c1c2c(c(-c3ccccc3OC(=O)[C@H](Cc3c[nH]c4ccccc34)NC(=O)OC(C)(C)C)c3ccccc13)C(=O)NC2=O. The van der Waals surface area contributed by atoms with E-state index in [1.54, 1.807) is 127 Å². The molecule has 0 unspecified atom stereocenters. The van der Waals surface area contributed by atoms with E-state index in [0.717, 1.165) is 32.9 Å². The van der Waals surface area contributed by atoms with Gasteiger partial charge in [0.1, 0.15) is 34.8 Å². The number of aromatic amines is 2. The summed E-state index contributed by atoms with van der Waals surface area (Å²) in [6.45, 7) is 10.3. The summed E-state index contributed by atoms with van der Waals surface area (Å²) in [5, 5.41) is 10.6. The van der Waals surface area contributed by atoms with Gasteiger partial charge in [0.25, 0.3) is 11.8 Å². The third-order valence-corrected chi connectivity index (χ3v) is 11.8. The first-order valence-corrected chi connectivity index (χ1v) is 23.1. The standard InChI is InChI=1S/C56H51N5O10/c1-55(2,3)70-53(66)59-41(27-31-29-57-39-23-13-9-17-33(31)39)51(64)68-43-25-15-11-21-37(43)45-35-19-7-8-20-36(35)46(48-47(45)49(62)61-50(48)63)38-22-12-16-26-44(38)69-52(65)42(60-54(67)71-56(4,5)6)28-32-30-58-40-24-14-10-18-34(32)40/h7-26,29-30,41-42,57-58H,27-28H2,1-6H3,(H,59,66)(H,60,67)(H,61,62,63)/t41-,42-/m0/s1. The summed E-state index contributed by atoms with van der Waals surface area (Å²) < 4.78 is 23.5. The van der Waals surface area contributed by atoms with Crippen LogP contribution in [0.1, 0.15) is 73.4 Å². The van der Waals surface area contributed by atoms with E-state index < -0.39 is 59.2 Å². The first-order chi connectivity index (χ1) is 33.9. The smallest absolute Gasteiger partial charge is 0.408 e. The van der Waals surface area contributed by atoms with Crippen LogP contribution >= 0.6 is 0 Å². The van der Waals surface area contributed by atoms with E-state index in [1.807, 2.05) is 48.5 Å². The molecule has 0 radical (unpaired) electrons. The topological polar surface area (TPSA) is 207 Å². The van der Waals surface area contributed by atoms with E-state index in [9.17, 15) is 28.8 Å². The Bertz CT molecular complexity index is 3200. The van der Waals surface area contributed by atoms with Crippen molar-refractivity contribution < 1.29 is 47.7 Å². The third kappa shape index (κ3) is 10.1. The molecule has 4 amide bonds. The minimum atomic E-state index is -1.23. The van der Waals surface area contributed by atoms with Crippen LogP contribution in [-0.4, -0.2) is 69.2 Å². The zero-order valence-corrected chi connectivity index (χ0v) is 39.9. The first-order valence-electron chi connectivity index (χ1n) is 23.1. The molecule has 15 nitrogen and oxygen atoms in total. The van der Waals surface area contributed by atoms with E-state index in [4.69, 9.17) is 18.9 Å². The Labute approximate surface area is 408 Å². The number of alkyl carbamates (subject to hydrolysis) is 2. The number of amides is 4. The molecule has 5 N–H and O–H groups in total. The molecular formula is C56H51N5O10. The van der Waals surface area contributed by atoms with Crippen molar-refractivity contribution in [2.45, 2.75) is 77.7 Å². The minimum Gasteiger partial charge on any atom is -0.444 e. The number of ether oxygens (including phenoxy) is 4. The van der Waals surface area contributed by atoms with Crippen molar-refractivity contribution in [2.75, 3.05) is 0 Å². The van der Waals surface area contributed by atoms with E-state index in [0.29, 0.717) is 33.0 Å². The number of hydrogen-bond acceptors (Lipinski definition) is 10. The maximum absolute atomic E-state index is 14.4. The minimum absolute atomic E-state index is 0.000596. The number of esters is 2. The fourth-order valence-electron chi connectivity index (χ4n) is 8.89. The Hall–Kier alpha value is -8.72. The van der Waals surface area contributed by atoms with Crippen LogP contribution in [0.4, 0.5) is 9.59 Å². The normalized spacial score (nSPS) is 13.3. The highest BCUT2D eigenvalue weighted by atomic mass is 16.6. The Morgan fingerprint density at radius 3 is 1.23 bits per heavy atom. The lowest BCUT2D eigenvalue weighted by Gasteiger charge is -2.24. The summed E-state index contributed by atoms with van der Waals surface area (Å²) in [6.07, 6.45) is 1.98. The number of fused-ring (bicyclic) bond motifs is 4. The van der Waals surface area contributed by atoms with Gasteiger partial charge in [-0.15, -0.1) is 0 Å². The molecule has 0 bridgehead atoms. The van der Waals surface area contributed by atoms with Crippen LogP contribution in [0.15, 0.2) is 134 Å². The number of carbonyl (C=O) groups excluding carboxylic acids is 6. The van der Waals surface area contributed by atoms with Gasteiger partial charge >= 0.3 is 24.1 Å². The summed E-state index contributed by atoms with van der Waals surface area (Å²) >= 11 is 0. The number of aromatic nitrogens is 2. The van der Waals surface area contributed by atoms with E-state index in [-0.39, 0.29) is 35.5 Å². The van der Waals surface area contributed by atoms with E-state index >= 15 is 0 Å². The fraction of sp³-hybridized carbons (Fsp3) is 0.214. The first kappa shape index (κ1) is 47.4. The monoisotopic (exact) mass is 953 g/mol. The summed E-state index contributed by atoms with van der Waals surface area (Å²) in [6, 6.07) is 33.0. The maximum Gasteiger partial charge on any atom is 0.408 e. The van der Waals surface area contributed by atoms with Gasteiger partial charge in [-0.25, -0.2) is 19.2 Å². The number of H-pyrrole nitrogens is 2. The van der Waals surface area contributed by atoms with Crippen molar-refractivity contribution in [3.05, 3.63) is 156 Å². The molecule has 15 heteroatoms. The Morgan fingerprint density at radius 1 is 0.479 bits per heavy atom. The lowest BCUT2D eigenvalue weighted by Crippen LogP contribution is -2.46. The van der Waals surface area contributed by atoms with E-state index in [1.165, 1.54) is 0 Å². The average Bonchev–Trinajstić information content (AvgIpc) is 4.01. The molecule has 9 rings (SSSR count). The highest BCUT2D eigenvalue weighted by Crippen LogP contribution is 2.48. The molecule has 6 aromatic carbocycles. The highest BCUT2D eigenvalue weighted by molar-refractivity contribution is 6.32. The van der Waals surface area contributed by atoms with Crippen molar-refractivity contribution in [2.24, 2.45) is 0 Å². The van der Waals surface area contributed by atoms with Gasteiger partial charge in [-0.2, -0.15) is 0 Å². The van der Waals surface area contributed by atoms with Crippen molar-refractivity contribution in [3.63, 3.8) is 0 Å². The van der Waals surface area contributed by atoms with Crippen LogP contribution in [0.25, 0.3) is 54.8 Å². The molecule has 71 heavy (non-hydrogen) atoms. The van der Waals surface area contributed by atoms with Crippen molar-refractivity contribution >= 4 is 68.5 Å².